The lowest BCUT2D eigenvalue weighted by molar-refractivity contribution is 1.37. The van der Waals surface area contributed by atoms with E-state index >= 15 is 0 Å². The van der Waals surface area contributed by atoms with Crippen molar-refractivity contribution in [2.24, 2.45) is 0 Å². The summed E-state index contributed by atoms with van der Waals surface area (Å²) in [6, 6.07) is 13.3. The van der Waals surface area contributed by atoms with Crippen LogP contribution in [0.15, 0.2) is 42.0 Å². The summed E-state index contributed by atoms with van der Waals surface area (Å²) < 4.78 is 0. The number of rotatable bonds is 1. The molecule has 2 rings (SSSR count). The SMILES string of the molecule is CC(C)=C(C)c1ccc2cc(C)ccc2c1. The molecule has 16 heavy (non-hydrogen) atoms. The summed E-state index contributed by atoms with van der Waals surface area (Å²) >= 11 is 0. The number of hydrogen-bond donors (Lipinski definition) is 0. The lowest BCUT2D eigenvalue weighted by Crippen LogP contribution is -1.83. The van der Waals surface area contributed by atoms with Gasteiger partial charge in [-0.3, -0.25) is 0 Å². The van der Waals surface area contributed by atoms with Gasteiger partial charge < -0.3 is 0 Å². The van der Waals surface area contributed by atoms with E-state index in [0.717, 1.165) is 0 Å². The van der Waals surface area contributed by atoms with Crippen LogP contribution in [0.25, 0.3) is 16.3 Å². The standard InChI is InChI=1S/C16H18/c1-11(2)13(4)14-7-8-15-9-12(3)5-6-16(15)10-14/h5-10H,1-4H3. The van der Waals surface area contributed by atoms with E-state index in [2.05, 4.69) is 64.1 Å². The van der Waals surface area contributed by atoms with Crippen LogP contribution >= 0.6 is 0 Å². The fourth-order valence-electron chi connectivity index (χ4n) is 1.89. The van der Waals surface area contributed by atoms with Gasteiger partial charge in [-0.2, -0.15) is 0 Å². The first-order valence-electron chi connectivity index (χ1n) is 5.73. The molecule has 0 radical (unpaired) electrons. The molecule has 2 aromatic rings. The predicted octanol–water partition coefficient (Wildman–Crippen LogP) is 4.96. The summed E-state index contributed by atoms with van der Waals surface area (Å²) in [6.07, 6.45) is 0. The molecule has 82 valence electrons. The van der Waals surface area contributed by atoms with E-state index in [9.17, 15) is 0 Å². The lowest BCUT2D eigenvalue weighted by Gasteiger charge is -2.06. The molecule has 0 heteroatoms. The van der Waals surface area contributed by atoms with E-state index in [1.54, 1.807) is 0 Å². The van der Waals surface area contributed by atoms with Crippen molar-refractivity contribution in [1.82, 2.24) is 0 Å². The first-order valence-corrected chi connectivity index (χ1v) is 5.73. The zero-order chi connectivity index (χ0) is 11.7. The first kappa shape index (κ1) is 10.9. The molecule has 0 amide bonds. The third kappa shape index (κ3) is 2.01. The Balaban J connectivity index is 2.61. The largest absolute Gasteiger partial charge is 0.0729 e. The summed E-state index contributed by atoms with van der Waals surface area (Å²) in [7, 11) is 0. The highest BCUT2D eigenvalue weighted by molar-refractivity contribution is 5.86. The Morgan fingerprint density at radius 1 is 0.812 bits per heavy atom. The minimum Gasteiger partial charge on any atom is -0.0729 e. The van der Waals surface area contributed by atoms with Crippen molar-refractivity contribution in [3.63, 3.8) is 0 Å². The molecule has 0 unspecified atom stereocenters. The van der Waals surface area contributed by atoms with Gasteiger partial charge in [0, 0.05) is 0 Å². The third-order valence-electron chi connectivity index (χ3n) is 3.18. The summed E-state index contributed by atoms with van der Waals surface area (Å²) in [5.41, 5.74) is 5.41. The van der Waals surface area contributed by atoms with Gasteiger partial charge in [-0.1, -0.05) is 41.5 Å². The maximum Gasteiger partial charge on any atom is -0.0178 e. The molecule has 0 aliphatic carbocycles. The molecule has 0 aliphatic heterocycles. The Morgan fingerprint density at radius 2 is 1.44 bits per heavy atom. The Kier molecular flexibility index (Phi) is 2.82. The van der Waals surface area contributed by atoms with E-state index in [1.807, 2.05) is 0 Å². The maximum absolute atomic E-state index is 2.27. The topological polar surface area (TPSA) is 0 Å². The summed E-state index contributed by atoms with van der Waals surface area (Å²) in [4.78, 5) is 0. The van der Waals surface area contributed by atoms with Crippen molar-refractivity contribution < 1.29 is 0 Å². The van der Waals surface area contributed by atoms with Gasteiger partial charge >= 0.3 is 0 Å². The highest BCUT2D eigenvalue weighted by Crippen LogP contribution is 2.23. The van der Waals surface area contributed by atoms with Gasteiger partial charge in [0.2, 0.25) is 0 Å². The molecule has 0 bridgehead atoms. The molecule has 0 nitrogen and oxygen atoms in total. The van der Waals surface area contributed by atoms with Crippen molar-refractivity contribution in [2.45, 2.75) is 27.7 Å². The van der Waals surface area contributed by atoms with Crippen LogP contribution in [0.4, 0.5) is 0 Å². The average Bonchev–Trinajstić information content (AvgIpc) is 2.27. The molecule has 0 N–H and O–H groups in total. The number of allylic oxidation sites excluding steroid dienone is 2. The maximum atomic E-state index is 2.27. The Morgan fingerprint density at radius 3 is 2.12 bits per heavy atom. The van der Waals surface area contributed by atoms with Crippen LogP contribution in [0.1, 0.15) is 31.9 Å². The van der Waals surface area contributed by atoms with Crippen molar-refractivity contribution in [1.29, 1.82) is 0 Å². The second-order valence-electron chi connectivity index (χ2n) is 4.69. The minimum absolute atomic E-state index is 1.32. The van der Waals surface area contributed by atoms with E-state index in [1.165, 1.54) is 33.0 Å². The lowest BCUT2D eigenvalue weighted by atomic mass is 9.99. The van der Waals surface area contributed by atoms with Gasteiger partial charge in [0.15, 0.2) is 0 Å². The Hall–Kier alpha value is -1.56. The van der Waals surface area contributed by atoms with E-state index < -0.39 is 0 Å². The summed E-state index contributed by atoms with van der Waals surface area (Å²) in [6.45, 7) is 8.64. The van der Waals surface area contributed by atoms with E-state index in [-0.39, 0.29) is 0 Å². The number of benzene rings is 2. The Bertz CT molecular complexity index is 555. The fraction of sp³-hybridized carbons (Fsp3) is 0.250. The average molecular weight is 210 g/mol. The van der Waals surface area contributed by atoms with Crippen LogP contribution in [0.2, 0.25) is 0 Å². The highest BCUT2D eigenvalue weighted by Gasteiger charge is 2.00. The van der Waals surface area contributed by atoms with Crippen molar-refractivity contribution in [3.05, 3.63) is 53.1 Å². The number of aryl methyl sites for hydroxylation is 1. The second kappa shape index (κ2) is 4.13. The molecule has 0 heterocycles. The zero-order valence-electron chi connectivity index (χ0n) is 10.5. The van der Waals surface area contributed by atoms with Gasteiger partial charge in [0.1, 0.15) is 0 Å². The van der Waals surface area contributed by atoms with Gasteiger partial charge in [-0.25, -0.2) is 0 Å². The van der Waals surface area contributed by atoms with Gasteiger partial charge in [0.25, 0.3) is 0 Å². The van der Waals surface area contributed by atoms with Crippen LogP contribution in [0.5, 0.6) is 0 Å². The second-order valence-corrected chi connectivity index (χ2v) is 4.69. The molecule has 2 aromatic carbocycles. The minimum atomic E-state index is 1.32. The Labute approximate surface area is 97.6 Å². The van der Waals surface area contributed by atoms with E-state index in [4.69, 9.17) is 0 Å². The van der Waals surface area contributed by atoms with Crippen LogP contribution in [0, 0.1) is 6.92 Å². The van der Waals surface area contributed by atoms with Crippen LogP contribution < -0.4 is 0 Å². The summed E-state index contributed by atoms with van der Waals surface area (Å²) in [5, 5.41) is 2.65. The van der Waals surface area contributed by atoms with Gasteiger partial charge in [0.05, 0.1) is 0 Å². The molecular weight excluding hydrogens is 192 g/mol. The molecular formula is C16H18. The molecule has 0 saturated heterocycles. The number of fused-ring (bicyclic) bond motifs is 1. The van der Waals surface area contributed by atoms with Crippen LogP contribution in [-0.4, -0.2) is 0 Å². The van der Waals surface area contributed by atoms with Crippen LogP contribution in [0.3, 0.4) is 0 Å². The molecule has 0 aromatic heterocycles. The molecule has 0 spiro atoms. The third-order valence-corrected chi connectivity index (χ3v) is 3.18. The predicted molar refractivity (Wildman–Crippen MR) is 72.6 cm³/mol. The highest BCUT2D eigenvalue weighted by atomic mass is 14.0. The van der Waals surface area contributed by atoms with Gasteiger partial charge in [-0.05, 0) is 55.7 Å². The quantitative estimate of drug-likeness (QED) is 0.624. The van der Waals surface area contributed by atoms with Crippen molar-refractivity contribution in [3.8, 4) is 0 Å². The molecule has 0 atom stereocenters. The molecule has 0 fully saturated rings. The van der Waals surface area contributed by atoms with Gasteiger partial charge in [-0.15, -0.1) is 0 Å². The van der Waals surface area contributed by atoms with Crippen molar-refractivity contribution >= 4 is 16.3 Å². The monoisotopic (exact) mass is 210 g/mol. The first-order chi connectivity index (χ1) is 7.58. The molecule has 0 aliphatic rings. The summed E-state index contributed by atoms with van der Waals surface area (Å²) in [5.74, 6) is 0. The number of hydrogen-bond acceptors (Lipinski definition) is 0. The van der Waals surface area contributed by atoms with E-state index in [0.29, 0.717) is 0 Å². The smallest absolute Gasteiger partial charge is 0.0178 e. The zero-order valence-corrected chi connectivity index (χ0v) is 10.5. The normalized spacial score (nSPS) is 10.5. The van der Waals surface area contributed by atoms with Crippen LogP contribution in [-0.2, 0) is 0 Å². The van der Waals surface area contributed by atoms with Crippen molar-refractivity contribution in [2.75, 3.05) is 0 Å². The fourth-order valence-corrected chi connectivity index (χ4v) is 1.89. The molecule has 0 saturated carbocycles.